The molecule has 1 heterocycles. The molecule has 0 spiro atoms. The summed E-state index contributed by atoms with van der Waals surface area (Å²) in [6.07, 6.45) is 4.90. The number of carbonyl (C=O) groups excluding carboxylic acids is 1. The third-order valence-corrected chi connectivity index (χ3v) is 5.77. The van der Waals surface area contributed by atoms with Crippen molar-refractivity contribution in [3.05, 3.63) is 75.8 Å². The maximum absolute atomic E-state index is 13.1. The van der Waals surface area contributed by atoms with E-state index in [1.165, 1.54) is 11.1 Å². The van der Waals surface area contributed by atoms with E-state index in [2.05, 4.69) is 6.08 Å². The number of benzene rings is 2. The summed E-state index contributed by atoms with van der Waals surface area (Å²) >= 11 is 11.9. The van der Waals surface area contributed by atoms with E-state index < -0.39 is 0 Å². The molecule has 2 aromatic rings. The van der Waals surface area contributed by atoms with Crippen LogP contribution in [0.1, 0.15) is 30.4 Å². The predicted molar refractivity (Wildman–Crippen MR) is 103 cm³/mol. The van der Waals surface area contributed by atoms with Crippen LogP contribution in [0.4, 0.5) is 0 Å². The number of carbonyl (C=O) groups is 1. The van der Waals surface area contributed by atoms with Crippen LogP contribution in [0.3, 0.4) is 0 Å². The summed E-state index contributed by atoms with van der Waals surface area (Å²) in [5, 5.41) is 1.45. The highest BCUT2D eigenvalue weighted by molar-refractivity contribution is 6.30. The third kappa shape index (κ3) is 3.21. The SMILES string of the molecule is O=C(N1CC=C(c2ccc(Cl)cc2)CC1)C1(c2ccc(Cl)cc2)CC1. The Bertz CT molecular complexity index is 820. The summed E-state index contributed by atoms with van der Waals surface area (Å²) in [5.41, 5.74) is 3.25. The van der Waals surface area contributed by atoms with Gasteiger partial charge in [-0.15, -0.1) is 0 Å². The van der Waals surface area contributed by atoms with Crippen LogP contribution in [0.15, 0.2) is 54.6 Å². The number of amides is 1. The number of halogens is 2. The normalized spacial score (nSPS) is 18.6. The van der Waals surface area contributed by atoms with Crippen molar-refractivity contribution in [2.75, 3.05) is 13.1 Å². The van der Waals surface area contributed by atoms with Gasteiger partial charge in [-0.25, -0.2) is 0 Å². The molecule has 4 rings (SSSR count). The van der Waals surface area contributed by atoms with Crippen molar-refractivity contribution in [3.8, 4) is 0 Å². The van der Waals surface area contributed by atoms with Gasteiger partial charge in [-0.2, -0.15) is 0 Å². The lowest BCUT2D eigenvalue weighted by atomic mass is 9.92. The standard InChI is InChI=1S/C21H19Cl2NO/c22-18-5-1-15(2-6-18)16-9-13-24(14-10-16)20(25)21(11-12-21)17-3-7-19(23)8-4-17/h1-9H,10-14H2. The highest BCUT2D eigenvalue weighted by Gasteiger charge is 2.52. The molecular weight excluding hydrogens is 353 g/mol. The number of nitrogens with zero attached hydrogens (tertiary/aromatic N) is 1. The molecule has 1 aliphatic carbocycles. The fourth-order valence-electron chi connectivity index (χ4n) is 3.60. The number of hydrogen-bond donors (Lipinski definition) is 0. The van der Waals surface area contributed by atoms with Gasteiger partial charge >= 0.3 is 0 Å². The third-order valence-electron chi connectivity index (χ3n) is 5.27. The first-order valence-electron chi connectivity index (χ1n) is 8.59. The van der Waals surface area contributed by atoms with Crippen molar-refractivity contribution in [2.45, 2.75) is 24.7 Å². The molecule has 0 N–H and O–H groups in total. The van der Waals surface area contributed by atoms with Gasteiger partial charge < -0.3 is 4.90 Å². The Hall–Kier alpha value is -1.77. The number of rotatable bonds is 3. The first-order chi connectivity index (χ1) is 12.1. The van der Waals surface area contributed by atoms with Gasteiger partial charge in [-0.3, -0.25) is 4.79 Å². The predicted octanol–water partition coefficient (Wildman–Crippen LogP) is 5.34. The van der Waals surface area contributed by atoms with Crippen molar-refractivity contribution in [1.82, 2.24) is 4.90 Å². The molecule has 1 saturated carbocycles. The molecule has 0 bridgehead atoms. The van der Waals surface area contributed by atoms with E-state index in [4.69, 9.17) is 23.2 Å². The molecule has 1 amide bonds. The second-order valence-corrected chi connectivity index (χ2v) is 7.70. The van der Waals surface area contributed by atoms with Crippen LogP contribution in [0.5, 0.6) is 0 Å². The summed E-state index contributed by atoms with van der Waals surface area (Å²) in [6, 6.07) is 15.6. The second-order valence-electron chi connectivity index (χ2n) is 6.83. The Balaban J connectivity index is 1.49. The topological polar surface area (TPSA) is 20.3 Å². The van der Waals surface area contributed by atoms with Gasteiger partial charge in [0.25, 0.3) is 0 Å². The smallest absolute Gasteiger partial charge is 0.233 e. The van der Waals surface area contributed by atoms with Crippen molar-refractivity contribution in [3.63, 3.8) is 0 Å². The minimum atomic E-state index is -0.323. The van der Waals surface area contributed by atoms with Gasteiger partial charge in [-0.05, 0) is 60.2 Å². The molecule has 2 aromatic carbocycles. The van der Waals surface area contributed by atoms with Crippen LogP contribution in [0.2, 0.25) is 10.0 Å². The molecule has 2 nitrogen and oxygen atoms in total. The van der Waals surface area contributed by atoms with Gasteiger partial charge in [0.15, 0.2) is 0 Å². The summed E-state index contributed by atoms with van der Waals surface area (Å²) in [5.74, 6) is 0.251. The van der Waals surface area contributed by atoms with E-state index in [-0.39, 0.29) is 11.3 Å². The van der Waals surface area contributed by atoms with Gasteiger partial charge in [0.2, 0.25) is 5.91 Å². The van der Waals surface area contributed by atoms with E-state index in [1.54, 1.807) is 0 Å². The lowest BCUT2D eigenvalue weighted by Gasteiger charge is -2.30. The van der Waals surface area contributed by atoms with Crippen LogP contribution in [0, 0.1) is 0 Å². The van der Waals surface area contributed by atoms with Crippen LogP contribution < -0.4 is 0 Å². The molecule has 4 heteroatoms. The highest BCUT2D eigenvalue weighted by atomic mass is 35.5. The quantitative estimate of drug-likeness (QED) is 0.712. The van der Waals surface area contributed by atoms with Crippen molar-refractivity contribution in [1.29, 1.82) is 0 Å². The Morgan fingerprint density at radius 1 is 0.920 bits per heavy atom. The number of hydrogen-bond acceptors (Lipinski definition) is 1. The molecule has 25 heavy (non-hydrogen) atoms. The molecule has 1 aliphatic heterocycles. The lowest BCUT2D eigenvalue weighted by molar-refractivity contribution is -0.133. The molecule has 0 radical (unpaired) electrons. The largest absolute Gasteiger partial charge is 0.338 e. The molecule has 128 valence electrons. The first-order valence-corrected chi connectivity index (χ1v) is 9.34. The Morgan fingerprint density at radius 3 is 2.04 bits per heavy atom. The fourth-order valence-corrected chi connectivity index (χ4v) is 3.85. The van der Waals surface area contributed by atoms with Gasteiger partial charge in [0.1, 0.15) is 0 Å². The summed E-state index contributed by atoms with van der Waals surface area (Å²) in [6.45, 7) is 1.44. The molecule has 0 atom stereocenters. The van der Waals surface area contributed by atoms with Crippen LogP contribution in [-0.2, 0) is 10.2 Å². The minimum Gasteiger partial charge on any atom is -0.338 e. The van der Waals surface area contributed by atoms with E-state index in [9.17, 15) is 4.79 Å². The Morgan fingerprint density at radius 2 is 1.52 bits per heavy atom. The Labute approximate surface area is 158 Å². The molecular formula is C21H19Cl2NO. The van der Waals surface area contributed by atoms with Crippen molar-refractivity contribution in [2.24, 2.45) is 0 Å². The maximum atomic E-state index is 13.1. The van der Waals surface area contributed by atoms with Crippen LogP contribution in [0.25, 0.3) is 5.57 Å². The highest BCUT2D eigenvalue weighted by Crippen LogP contribution is 2.50. The van der Waals surface area contributed by atoms with Gasteiger partial charge in [0, 0.05) is 23.1 Å². The van der Waals surface area contributed by atoms with E-state index in [0.717, 1.165) is 36.4 Å². The van der Waals surface area contributed by atoms with Crippen molar-refractivity contribution < 1.29 is 4.79 Å². The van der Waals surface area contributed by atoms with Crippen molar-refractivity contribution >= 4 is 34.7 Å². The molecule has 0 aromatic heterocycles. The van der Waals surface area contributed by atoms with Crippen LogP contribution in [-0.4, -0.2) is 23.9 Å². The average Bonchev–Trinajstić information content (AvgIpc) is 3.44. The van der Waals surface area contributed by atoms with Gasteiger partial charge in [-0.1, -0.05) is 53.5 Å². The minimum absolute atomic E-state index is 0.251. The zero-order chi connectivity index (χ0) is 17.4. The fraction of sp³-hybridized carbons (Fsp3) is 0.286. The van der Waals surface area contributed by atoms with E-state index in [1.807, 2.05) is 53.4 Å². The van der Waals surface area contributed by atoms with Gasteiger partial charge in [0.05, 0.1) is 5.41 Å². The monoisotopic (exact) mass is 371 g/mol. The molecule has 0 unspecified atom stereocenters. The van der Waals surface area contributed by atoms with E-state index in [0.29, 0.717) is 11.6 Å². The average molecular weight is 372 g/mol. The Kier molecular flexibility index (Phi) is 4.35. The summed E-state index contributed by atoms with van der Waals surface area (Å²) in [7, 11) is 0. The second kappa shape index (κ2) is 6.51. The van der Waals surface area contributed by atoms with E-state index >= 15 is 0 Å². The molecule has 2 aliphatic rings. The molecule has 1 fully saturated rings. The summed E-state index contributed by atoms with van der Waals surface area (Å²) in [4.78, 5) is 15.1. The first kappa shape index (κ1) is 16.7. The van der Waals surface area contributed by atoms with Crippen LogP contribution >= 0.6 is 23.2 Å². The maximum Gasteiger partial charge on any atom is 0.233 e. The molecule has 0 saturated heterocycles. The summed E-state index contributed by atoms with van der Waals surface area (Å²) < 4.78 is 0. The zero-order valence-electron chi connectivity index (χ0n) is 13.8. The lowest BCUT2D eigenvalue weighted by Crippen LogP contribution is -2.41. The zero-order valence-corrected chi connectivity index (χ0v) is 15.4.